The number of nitrogens with zero attached hydrogens (tertiary/aromatic N) is 2. The topological polar surface area (TPSA) is 49.6 Å². The number of likely N-dealkylation sites (tertiary alicyclic amines) is 1. The number of hydrogen-bond acceptors (Lipinski definition) is 3. The zero-order chi connectivity index (χ0) is 12.5. The van der Waals surface area contributed by atoms with Crippen molar-refractivity contribution in [2.24, 2.45) is 5.73 Å². The molecule has 0 aromatic rings. The summed E-state index contributed by atoms with van der Waals surface area (Å²) in [7, 11) is 4.06. The van der Waals surface area contributed by atoms with Crippen LogP contribution in [0.5, 0.6) is 0 Å². The fourth-order valence-electron chi connectivity index (χ4n) is 2.89. The Kier molecular flexibility index (Phi) is 3.73. The maximum absolute atomic E-state index is 12.2. The minimum absolute atomic E-state index is 0.189. The summed E-state index contributed by atoms with van der Waals surface area (Å²) in [5, 5.41) is 0. The molecule has 1 amide bonds. The summed E-state index contributed by atoms with van der Waals surface area (Å²) in [6.45, 7) is 2.15. The van der Waals surface area contributed by atoms with Crippen LogP contribution >= 0.6 is 0 Å². The second-order valence-corrected chi connectivity index (χ2v) is 5.96. The van der Waals surface area contributed by atoms with Gasteiger partial charge in [-0.3, -0.25) is 4.79 Å². The summed E-state index contributed by atoms with van der Waals surface area (Å²) in [4.78, 5) is 16.4. The smallest absolute Gasteiger partial charge is 0.224 e. The van der Waals surface area contributed by atoms with E-state index in [1.807, 2.05) is 11.9 Å². The molecular weight excluding hydrogens is 214 g/mol. The van der Waals surface area contributed by atoms with Gasteiger partial charge in [-0.15, -0.1) is 0 Å². The molecule has 1 heterocycles. The van der Waals surface area contributed by atoms with Crippen molar-refractivity contribution in [3.63, 3.8) is 0 Å². The Morgan fingerprint density at radius 1 is 1.47 bits per heavy atom. The molecule has 4 heteroatoms. The van der Waals surface area contributed by atoms with Crippen LogP contribution in [0.25, 0.3) is 0 Å². The first-order valence-corrected chi connectivity index (χ1v) is 6.73. The van der Waals surface area contributed by atoms with Crippen molar-refractivity contribution in [2.75, 3.05) is 27.2 Å². The van der Waals surface area contributed by atoms with Gasteiger partial charge in [0, 0.05) is 31.6 Å². The number of nitrogens with two attached hydrogens (primary N) is 1. The lowest BCUT2D eigenvalue weighted by Crippen LogP contribution is -2.53. The molecule has 98 valence electrons. The van der Waals surface area contributed by atoms with Crippen LogP contribution in [-0.2, 0) is 4.79 Å². The lowest BCUT2D eigenvalue weighted by molar-refractivity contribution is -0.135. The molecule has 1 saturated heterocycles. The number of hydrogen-bond donors (Lipinski definition) is 1. The molecule has 0 radical (unpaired) electrons. The SMILES string of the molecule is CN1CCCC(N(C)C(=O)CC2(N)CCC2)C1. The van der Waals surface area contributed by atoms with Crippen molar-refractivity contribution >= 4 is 5.91 Å². The van der Waals surface area contributed by atoms with Crippen LogP contribution in [0.3, 0.4) is 0 Å². The zero-order valence-electron chi connectivity index (χ0n) is 11.1. The number of rotatable bonds is 3. The van der Waals surface area contributed by atoms with E-state index in [1.54, 1.807) is 0 Å². The van der Waals surface area contributed by atoms with Gasteiger partial charge in [-0.25, -0.2) is 0 Å². The van der Waals surface area contributed by atoms with Gasteiger partial charge in [-0.1, -0.05) is 0 Å². The Bertz CT molecular complexity index is 288. The molecule has 0 bridgehead atoms. The molecule has 1 aliphatic heterocycles. The van der Waals surface area contributed by atoms with Gasteiger partial charge in [-0.05, 0) is 45.7 Å². The highest BCUT2D eigenvalue weighted by atomic mass is 16.2. The van der Waals surface area contributed by atoms with E-state index in [0.717, 1.165) is 32.4 Å². The fraction of sp³-hybridized carbons (Fsp3) is 0.923. The Balaban J connectivity index is 1.85. The average Bonchev–Trinajstić information content (AvgIpc) is 2.26. The first-order chi connectivity index (χ1) is 8.00. The molecule has 0 aromatic heterocycles. The van der Waals surface area contributed by atoms with E-state index >= 15 is 0 Å². The lowest BCUT2D eigenvalue weighted by atomic mass is 9.75. The zero-order valence-corrected chi connectivity index (χ0v) is 11.1. The van der Waals surface area contributed by atoms with Crippen molar-refractivity contribution in [3.8, 4) is 0 Å². The minimum Gasteiger partial charge on any atom is -0.341 e. The molecule has 2 fully saturated rings. The predicted molar refractivity (Wildman–Crippen MR) is 68.7 cm³/mol. The quantitative estimate of drug-likeness (QED) is 0.793. The first kappa shape index (κ1) is 12.8. The second-order valence-electron chi connectivity index (χ2n) is 5.96. The molecule has 4 nitrogen and oxygen atoms in total. The summed E-state index contributed by atoms with van der Waals surface area (Å²) in [6, 6.07) is 0.380. The van der Waals surface area contributed by atoms with Crippen molar-refractivity contribution in [3.05, 3.63) is 0 Å². The predicted octanol–water partition coefficient (Wildman–Crippen LogP) is 0.811. The van der Waals surface area contributed by atoms with Gasteiger partial charge in [0.15, 0.2) is 0 Å². The molecular formula is C13H25N3O. The fourth-order valence-corrected chi connectivity index (χ4v) is 2.89. The van der Waals surface area contributed by atoms with E-state index in [2.05, 4.69) is 11.9 Å². The molecule has 2 rings (SSSR count). The Hall–Kier alpha value is -0.610. The summed E-state index contributed by atoms with van der Waals surface area (Å²) in [6.07, 6.45) is 6.05. The van der Waals surface area contributed by atoms with Gasteiger partial charge in [0.05, 0.1) is 0 Å². The van der Waals surface area contributed by atoms with Crippen molar-refractivity contribution < 1.29 is 4.79 Å². The lowest BCUT2D eigenvalue weighted by Gasteiger charge is -2.41. The van der Waals surface area contributed by atoms with E-state index in [1.165, 1.54) is 12.8 Å². The molecule has 2 N–H and O–H groups in total. The third kappa shape index (κ3) is 2.99. The van der Waals surface area contributed by atoms with Crippen LogP contribution in [0.15, 0.2) is 0 Å². The van der Waals surface area contributed by atoms with Crippen LogP contribution in [0.2, 0.25) is 0 Å². The largest absolute Gasteiger partial charge is 0.341 e. The maximum Gasteiger partial charge on any atom is 0.224 e. The molecule has 1 atom stereocenters. The van der Waals surface area contributed by atoms with E-state index in [4.69, 9.17) is 5.73 Å². The van der Waals surface area contributed by atoms with Crippen molar-refractivity contribution in [1.29, 1.82) is 0 Å². The highest BCUT2D eigenvalue weighted by molar-refractivity contribution is 5.77. The summed E-state index contributed by atoms with van der Waals surface area (Å²) in [5.74, 6) is 0.229. The third-order valence-electron chi connectivity index (χ3n) is 4.39. The highest BCUT2D eigenvalue weighted by Crippen LogP contribution is 2.32. The molecule has 17 heavy (non-hydrogen) atoms. The summed E-state index contributed by atoms with van der Waals surface area (Å²) < 4.78 is 0. The van der Waals surface area contributed by atoms with Crippen LogP contribution in [-0.4, -0.2) is 54.5 Å². The van der Waals surface area contributed by atoms with Gasteiger partial charge in [0.2, 0.25) is 5.91 Å². The number of likely N-dealkylation sites (N-methyl/N-ethyl adjacent to an activating group) is 2. The third-order valence-corrected chi connectivity index (χ3v) is 4.39. The molecule has 0 aromatic carbocycles. The summed E-state index contributed by atoms with van der Waals surface area (Å²) >= 11 is 0. The molecule has 1 unspecified atom stereocenters. The van der Waals surface area contributed by atoms with Gasteiger partial charge < -0.3 is 15.5 Å². The van der Waals surface area contributed by atoms with Gasteiger partial charge in [-0.2, -0.15) is 0 Å². The van der Waals surface area contributed by atoms with Crippen molar-refractivity contribution in [2.45, 2.75) is 50.1 Å². The average molecular weight is 239 g/mol. The number of carbonyl (C=O) groups is 1. The van der Waals surface area contributed by atoms with Gasteiger partial charge in [0.1, 0.15) is 0 Å². The highest BCUT2D eigenvalue weighted by Gasteiger charge is 2.36. The number of amides is 1. The van der Waals surface area contributed by atoms with E-state index in [-0.39, 0.29) is 11.4 Å². The molecule has 0 spiro atoms. The van der Waals surface area contributed by atoms with E-state index < -0.39 is 0 Å². The molecule has 1 saturated carbocycles. The van der Waals surface area contributed by atoms with Gasteiger partial charge >= 0.3 is 0 Å². The Morgan fingerprint density at radius 2 is 2.18 bits per heavy atom. The Morgan fingerprint density at radius 3 is 2.71 bits per heavy atom. The molecule has 1 aliphatic carbocycles. The number of piperidine rings is 1. The monoisotopic (exact) mass is 239 g/mol. The number of carbonyl (C=O) groups excluding carboxylic acids is 1. The maximum atomic E-state index is 12.2. The van der Waals surface area contributed by atoms with Crippen LogP contribution in [0, 0.1) is 0 Å². The van der Waals surface area contributed by atoms with Crippen LogP contribution in [0.1, 0.15) is 38.5 Å². The first-order valence-electron chi connectivity index (χ1n) is 6.73. The van der Waals surface area contributed by atoms with E-state index in [0.29, 0.717) is 12.5 Å². The van der Waals surface area contributed by atoms with Gasteiger partial charge in [0.25, 0.3) is 0 Å². The summed E-state index contributed by atoms with van der Waals surface area (Å²) in [5.41, 5.74) is 5.95. The molecule has 2 aliphatic rings. The van der Waals surface area contributed by atoms with Crippen molar-refractivity contribution in [1.82, 2.24) is 9.80 Å². The van der Waals surface area contributed by atoms with E-state index in [9.17, 15) is 4.79 Å². The standard InChI is InChI=1S/C13H25N3O/c1-15-8-3-5-11(10-15)16(2)12(17)9-13(14)6-4-7-13/h11H,3-10,14H2,1-2H3. The second kappa shape index (κ2) is 4.94. The van der Waals surface area contributed by atoms with Crippen LogP contribution < -0.4 is 5.73 Å². The normalized spacial score (nSPS) is 28.5. The minimum atomic E-state index is -0.189. The van der Waals surface area contributed by atoms with Crippen LogP contribution in [0.4, 0.5) is 0 Å². The Labute approximate surface area is 104 Å².